The number of amides is 1. The molecule has 0 aliphatic heterocycles. The number of carbonyl (C=O) groups is 1. The van der Waals surface area contributed by atoms with Crippen LogP contribution >= 0.6 is 0 Å². The Kier molecular flexibility index (Phi) is 4.80. The lowest BCUT2D eigenvalue weighted by Gasteiger charge is -2.12. The Morgan fingerprint density at radius 3 is 2.74 bits per heavy atom. The molecule has 1 saturated carbocycles. The van der Waals surface area contributed by atoms with E-state index in [-0.39, 0.29) is 18.8 Å². The van der Waals surface area contributed by atoms with Crippen LogP contribution in [0.1, 0.15) is 31.7 Å². The lowest BCUT2D eigenvalue weighted by molar-refractivity contribution is 0.126. The largest absolute Gasteiger partial charge is 0.445 e. The van der Waals surface area contributed by atoms with Crippen LogP contribution in [0.5, 0.6) is 0 Å². The van der Waals surface area contributed by atoms with Gasteiger partial charge in [-0.05, 0) is 24.3 Å². The Labute approximate surface area is 113 Å². The molecule has 104 valence electrons. The van der Waals surface area contributed by atoms with Crippen molar-refractivity contribution in [2.75, 3.05) is 0 Å². The fraction of sp³-hybridized carbons (Fsp3) is 0.533. The second kappa shape index (κ2) is 6.57. The highest BCUT2D eigenvalue weighted by atomic mass is 16.5. The maximum absolute atomic E-state index is 11.7. The summed E-state index contributed by atoms with van der Waals surface area (Å²) >= 11 is 0. The third kappa shape index (κ3) is 3.96. The van der Waals surface area contributed by atoms with Crippen molar-refractivity contribution < 1.29 is 14.6 Å². The molecule has 0 heterocycles. The van der Waals surface area contributed by atoms with Crippen LogP contribution in [0, 0.1) is 5.92 Å². The molecule has 2 N–H and O–H groups in total. The zero-order valence-electron chi connectivity index (χ0n) is 11.2. The first-order chi connectivity index (χ1) is 9.19. The standard InChI is InChI=1S/C15H21NO3/c1-2-12-8-13(9-14(12)17)16-15(18)19-10-11-6-4-3-5-7-11/h3-7,12-14,17H,2,8-10H2,1H3,(H,16,18)/t12-,13?,14-/m1/s1. The van der Waals surface area contributed by atoms with E-state index in [2.05, 4.69) is 12.2 Å². The summed E-state index contributed by atoms with van der Waals surface area (Å²) in [6.45, 7) is 2.34. The summed E-state index contributed by atoms with van der Waals surface area (Å²) in [6.07, 6.45) is 1.69. The molecule has 1 fully saturated rings. The third-order valence-corrected chi connectivity index (χ3v) is 3.72. The lowest BCUT2D eigenvalue weighted by Crippen LogP contribution is -2.33. The van der Waals surface area contributed by atoms with Gasteiger partial charge in [0.1, 0.15) is 6.61 Å². The first-order valence-corrected chi connectivity index (χ1v) is 6.84. The van der Waals surface area contributed by atoms with E-state index in [4.69, 9.17) is 4.74 Å². The Morgan fingerprint density at radius 2 is 2.11 bits per heavy atom. The fourth-order valence-electron chi connectivity index (χ4n) is 2.59. The number of rotatable bonds is 4. The van der Waals surface area contributed by atoms with E-state index in [1.807, 2.05) is 30.3 Å². The minimum atomic E-state index is -0.405. The maximum atomic E-state index is 11.7. The van der Waals surface area contributed by atoms with E-state index in [0.717, 1.165) is 18.4 Å². The van der Waals surface area contributed by atoms with E-state index in [1.165, 1.54) is 0 Å². The number of benzene rings is 1. The summed E-state index contributed by atoms with van der Waals surface area (Å²) in [7, 11) is 0. The molecule has 4 heteroatoms. The van der Waals surface area contributed by atoms with E-state index < -0.39 is 6.09 Å². The van der Waals surface area contributed by atoms with Gasteiger partial charge in [-0.3, -0.25) is 0 Å². The minimum absolute atomic E-state index is 0.0308. The molecule has 0 aromatic heterocycles. The molecule has 1 amide bonds. The summed E-state index contributed by atoms with van der Waals surface area (Å²) in [4.78, 5) is 11.7. The minimum Gasteiger partial charge on any atom is -0.445 e. The van der Waals surface area contributed by atoms with Crippen LogP contribution in [-0.2, 0) is 11.3 Å². The Balaban J connectivity index is 1.73. The third-order valence-electron chi connectivity index (χ3n) is 3.72. The predicted molar refractivity (Wildman–Crippen MR) is 72.6 cm³/mol. The van der Waals surface area contributed by atoms with E-state index in [9.17, 15) is 9.90 Å². The molecule has 0 bridgehead atoms. The number of hydrogen-bond donors (Lipinski definition) is 2. The molecule has 0 radical (unpaired) electrons. The molecule has 4 nitrogen and oxygen atoms in total. The van der Waals surface area contributed by atoms with Crippen LogP contribution in [0.2, 0.25) is 0 Å². The highest BCUT2D eigenvalue weighted by Crippen LogP contribution is 2.28. The van der Waals surface area contributed by atoms with Crippen LogP contribution in [0.4, 0.5) is 4.79 Å². The van der Waals surface area contributed by atoms with Gasteiger partial charge in [0.15, 0.2) is 0 Å². The van der Waals surface area contributed by atoms with Crippen LogP contribution in [-0.4, -0.2) is 23.3 Å². The molecule has 0 saturated heterocycles. The van der Waals surface area contributed by atoms with Crippen molar-refractivity contribution in [2.45, 2.75) is 44.9 Å². The average Bonchev–Trinajstić information content (AvgIpc) is 2.77. The van der Waals surface area contributed by atoms with E-state index in [0.29, 0.717) is 12.3 Å². The maximum Gasteiger partial charge on any atom is 0.407 e. The van der Waals surface area contributed by atoms with Crippen LogP contribution < -0.4 is 5.32 Å². The van der Waals surface area contributed by atoms with Crippen molar-refractivity contribution in [1.82, 2.24) is 5.32 Å². The van der Waals surface area contributed by atoms with Gasteiger partial charge in [0.25, 0.3) is 0 Å². The fourth-order valence-corrected chi connectivity index (χ4v) is 2.59. The first-order valence-electron chi connectivity index (χ1n) is 6.84. The molecular weight excluding hydrogens is 242 g/mol. The highest BCUT2D eigenvalue weighted by Gasteiger charge is 2.32. The number of nitrogens with one attached hydrogen (secondary N) is 1. The van der Waals surface area contributed by atoms with Gasteiger partial charge in [0, 0.05) is 6.04 Å². The summed E-state index contributed by atoms with van der Waals surface area (Å²) < 4.78 is 5.16. The predicted octanol–water partition coefficient (Wildman–Crippen LogP) is 2.46. The Bertz CT molecular complexity index is 407. The van der Waals surface area contributed by atoms with Crippen LogP contribution in [0.3, 0.4) is 0 Å². The summed E-state index contributed by atoms with van der Waals surface area (Å²) in [5.74, 6) is 0.291. The smallest absolute Gasteiger partial charge is 0.407 e. The Hall–Kier alpha value is -1.55. The van der Waals surface area contributed by atoms with Gasteiger partial charge in [-0.2, -0.15) is 0 Å². The summed E-state index contributed by atoms with van der Waals surface area (Å²) in [5, 5.41) is 12.6. The number of aliphatic hydroxyl groups is 1. The van der Waals surface area contributed by atoms with Gasteiger partial charge < -0.3 is 15.2 Å². The lowest BCUT2D eigenvalue weighted by atomic mass is 10.0. The molecule has 19 heavy (non-hydrogen) atoms. The van der Waals surface area contributed by atoms with Crippen molar-refractivity contribution in [3.8, 4) is 0 Å². The number of alkyl carbamates (subject to hydrolysis) is 1. The van der Waals surface area contributed by atoms with Crippen molar-refractivity contribution in [3.05, 3.63) is 35.9 Å². The monoisotopic (exact) mass is 263 g/mol. The zero-order valence-corrected chi connectivity index (χ0v) is 11.2. The van der Waals surface area contributed by atoms with Crippen LogP contribution in [0.15, 0.2) is 30.3 Å². The quantitative estimate of drug-likeness (QED) is 0.877. The number of ether oxygens (including phenoxy) is 1. The van der Waals surface area contributed by atoms with Gasteiger partial charge >= 0.3 is 6.09 Å². The number of hydrogen-bond acceptors (Lipinski definition) is 3. The molecule has 1 aromatic rings. The van der Waals surface area contributed by atoms with Crippen LogP contribution in [0.25, 0.3) is 0 Å². The molecule has 0 spiro atoms. The first kappa shape index (κ1) is 13.9. The molecule has 1 aromatic carbocycles. The zero-order chi connectivity index (χ0) is 13.7. The van der Waals surface area contributed by atoms with Gasteiger partial charge in [-0.15, -0.1) is 0 Å². The Morgan fingerprint density at radius 1 is 1.37 bits per heavy atom. The summed E-state index contributed by atoms with van der Waals surface area (Å²) in [6, 6.07) is 9.61. The molecule has 1 unspecified atom stereocenters. The second-order valence-electron chi connectivity index (χ2n) is 5.11. The number of aliphatic hydroxyl groups excluding tert-OH is 1. The normalized spacial score (nSPS) is 26.1. The van der Waals surface area contributed by atoms with Gasteiger partial charge in [0.2, 0.25) is 0 Å². The molecule has 1 aliphatic carbocycles. The highest BCUT2D eigenvalue weighted by molar-refractivity contribution is 5.67. The van der Waals surface area contributed by atoms with Crippen molar-refractivity contribution in [1.29, 1.82) is 0 Å². The summed E-state index contributed by atoms with van der Waals surface area (Å²) in [5.41, 5.74) is 0.968. The van der Waals surface area contributed by atoms with Gasteiger partial charge in [-0.25, -0.2) is 4.79 Å². The van der Waals surface area contributed by atoms with Gasteiger partial charge in [0.05, 0.1) is 6.10 Å². The molecule has 2 rings (SSSR count). The SMILES string of the molecule is CC[C@@H]1CC(NC(=O)OCc2ccccc2)C[C@H]1O. The van der Waals surface area contributed by atoms with E-state index >= 15 is 0 Å². The molecule has 1 aliphatic rings. The van der Waals surface area contributed by atoms with Gasteiger partial charge in [-0.1, -0.05) is 43.7 Å². The second-order valence-corrected chi connectivity index (χ2v) is 5.11. The van der Waals surface area contributed by atoms with Crippen molar-refractivity contribution >= 4 is 6.09 Å². The average molecular weight is 263 g/mol. The topological polar surface area (TPSA) is 58.6 Å². The molecular formula is C15H21NO3. The molecule has 3 atom stereocenters. The van der Waals surface area contributed by atoms with Crippen molar-refractivity contribution in [2.24, 2.45) is 5.92 Å². The number of carbonyl (C=O) groups excluding carboxylic acids is 1. The van der Waals surface area contributed by atoms with E-state index in [1.54, 1.807) is 0 Å². The van der Waals surface area contributed by atoms with Crippen molar-refractivity contribution in [3.63, 3.8) is 0 Å².